The van der Waals surface area contributed by atoms with E-state index in [0.29, 0.717) is 11.7 Å². The molecule has 1 aliphatic rings. The molecule has 18 heavy (non-hydrogen) atoms. The highest BCUT2D eigenvalue weighted by atomic mass is 32.1. The van der Waals surface area contributed by atoms with Crippen molar-refractivity contribution in [2.45, 2.75) is 32.7 Å². The molecule has 0 amide bonds. The van der Waals surface area contributed by atoms with Crippen LogP contribution in [0.3, 0.4) is 0 Å². The van der Waals surface area contributed by atoms with Gasteiger partial charge < -0.3 is 4.57 Å². The Kier molecular flexibility index (Phi) is 3.04. The molecule has 1 aliphatic carbocycles. The number of hydrogen-bond acceptors (Lipinski definition) is 3. The first kappa shape index (κ1) is 11.7. The molecule has 0 N–H and O–H groups in total. The molecular weight excluding hydrogens is 244 g/mol. The van der Waals surface area contributed by atoms with Crippen molar-refractivity contribution in [1.82, 2.24) is 9.55 Å². The summed E-state index contributed by atoms with van der Waals surface area (Å²) in [6, 6.07) is 1.94. The number of thiazole rings is 1. The second-order valence-electron chi connectivity index (χ2n) is 4.89. The molecule has 0 atom stereocenters. The molecule has 2 aromatic rings. The number of aryl methyl sites for hydroxylation is 3. The lowest BCUT2D eigenvalue weighted by Crippen LogP contribution is -2.01. The molecule has 0 aromatic carbocycles. The molecular formula is C14H16N2OS. The van der Waals surface area contributed by atoms with Gasteiger partial charge in [-0.2, -0.15) is 0 Å². The van der Waals surface area contributed by atoms with Crippen molar-refractivity contribution >= 4 is 17.1 Å². The fourth-order valence-corrected chi connectivity index (χ4v) is 2.87. The maximum absolute atomic E-state index is 11.9. The summed E-state index contributed by atoms with van der Waals surface area (Å²) in [6.45, 7) is 2.96. The lowest BCUT2D eigenvalue weighted by Gasteiger charge is -2.01. The Labute approximate surface area is 110 Å². The number of Topliss-reactive ketones (excluding diaryl/α,β-unsaturated/α-hetero) is 1. The molecule has 0 bridgehead atoms. The van der Waals surface area contributed by atoms with Crippen molar-refractivity contribution < 1.29 is 4.79 Å². The molecule has 0 spiro atoms. The summed E-state index contributed by atoms with van der Waals surface area (Å²) < 4.78 is 2.11. The minimum Gasteiger partial charge on any atom is -0.353 e. The van der Waals surface area contributed by atoms with E-state index in [4.69, 9.17) is 0 Å². The Balaban J connectivity index is 1.63. The summed E-state index contributed by atoms with van der Waals surface area (Å²) in [7, 11) is 0. The summed E-state index contributed by atoms with van der Waals surface area (Å²) in [6.07, 6.45) is 7.12. The fraction of sp³-hybridized carbons (Fsp3) is 0.429. The predicted octanol–water partition coefficient (Wildman–Crippen LogP) is 3.09. The van der Waals surface area contributed by atoms with Crippen molar-refractivity contribution in [2.75, 3.05) is 0 Å². The van der Waals surface area contributed by atoms with E-state index in [2.05, 4.69) is 9.55 Å². The van der Waals surface area contributed by atoms with Crippen LogP contribution < -0.4 is 0 Å². The molecule has 94 valence electrons. The van der Waals surface area contributed by atoms with Crippen molar-refractivity contribution in [2.24, 2.45) is 5.92 Å². The lowest BCUT2D eigenvalue weighted by atomic mass is 10.1. The van der Waals surface area contributed by atoms with Gasteiger partial charge in [0.15, 0.2) is 5.78 Å². The van der Waals surface area contributed by atoms with Gasteiger partial charge in [0, 0.05) is 41.7 Å². The first-order chi connectivity index (χ1) is 8.74. The average molecular weight is 260 g/mol. The molecule has 2 heterocycles. The van der Waals surface area contributed by atoms with Crippen LogP contribution in [0, 0.1) is 12.8 Å². The molecule has 1 saturated carbocycles. The highest BCUT2D eigenvalue weighted by Gasteiger charge is 2.30. The largest absolute Gasteiger partial charge is 0.353 e. The number of rotatable bonds is 5. The van der Waals surface area contributed by atoms with E-state index < -0.39 is 0 Å². The predicted molar refractivity (Wildman–Crippen MR) is 72.0 cm³/mol. The van der Waals surface area contributed by atoms with E-state index in [9.17, 15) is 4.79 Å². The molecule has 0 unspecified atom stereocenters. The summed E-state index contributed by atoms with van der Waals surface area (Å²) in [4.78, 5) is 17.5. The minimum atomic E-state index is 0.310. The van der Waals surface area contributed by atoms with Crippen LogP contribution in [0.25, 0.3) is 0 Å². The number of ketones is 1. The maximum Gasteiger partial charge on any atom is 0.167 e. The van der Waals surface area contributed by atoms with Gasteiger partial charge in [-0.1, -0.05) is 0 Å². The van der Waals surface area contributed by atoms with E-state index in [-0.39, 0.29) is 0 Å². The number of carbonyl (C=O) groups excluding carboxylic acids is 1. The van der Waals surface area contributed by atoms with E-state index in [1.165, 1.54) is 4.88 Å². The first-order valence-corrected chi connectivity index (χ1v) is 7.21. The maximum atomic E-state index is 11.9. The Hall–Kier alpha value is -1.42. The molecule has 3 rings (SSSR count). The Morgan fingerprint density at radius 1 is 1.56 bits per heavy atom. The van der Waals surface area contributed by atoms with Crippen molar-refractivity contribution in [3.63, 3.8) is 0 Å². The highest BCUT2D eigenvalue weighted by Crippen LogP contribution is 2.32. The smallest absolute Gasteiger partial charge is 0.167 e. The topological polar surface area (TPSA) is 34.9 Å². The zero-order valence-corrected chi connectivity index (χ0v) is 11.2. The molecule has 0 radical (unpaired) electrons. The highest BCUT2D eigenvalue weighted by molar-refractivity contribution is 7.09. The average Bonchev–Trinajstić information content (AvgIpc) is 2.97. The number of aromatic nitrogens is 2. The van der Waals surface area contributed by atoms with Crippen LogP contribution >= 0.6 is 11.3 Å². The van der Waals surface area contributed by atoms with Gasteiger partial charge in [-0.05, 0) is 25.8 Å². The van der Waals surface area contributed by atoms with Crippen LogP contribution in [0.2, 0.25) is 0 Å². The van der Waals surface area contributed by atoms with Gasteiger partial charge in [0.2, 0.25) is 0 Å². The Morgan fingerprint density at radius 2 is 2.39 bits per heavy atom. The van der Waals surface area contributed by atoms with Crippen molar-refractivity contribution in [3.8, 4) is 0 Å². The van der Waals surface area contributed by atoms with Crippen LogP contribution in [0.1, 0.15) is 33.8 Å². The van der Waals surface area contributed by atoms with Crippen LogP contribution in [0.15, 0.2) is 24.0 Å². The third kappa shape index (κ3) is 2.38. The summed E-state index contributed by atoms with van der Waals surface area (Å²) in [5.74, 6) is 0.632. The lowest BCUT2D eigenvalue weighted by molar-refractivity contribution is 0.0967. The quantitative estimate of drug-likeness (QED) is 0.774. The van der Waals surface area contributed by atoms with E-state index in [1.807, 2.05) is 30.9 Å². The first-order valence-electron chi connectivity index (χ1n) is 6.33. The summed E-state index contributed by atoms with van der Waals surface area (Å²) in [5, 5.41) is 0. The number of carbonyl (C=O) groups is 1. The Morgan fingerprint density at radius 3 is 3.06 bits per heavy atom. The van der Waals surface area contributed by atoms with E-state index in [1.54, 1.807) is 11.3 Å². The minimum absolute atomic E-state index is 0.310. The molecule has 2 aromatic heterocycles. The molecule has 1 fully saturated rings. The van der Waals surface area contributed by atoms with Gasteiger partial charge in [-0.25, -0.2) is 4.98 Å². The molecule has 0 saturated heterocycles. The standard InChI is InChI=1S/C14H16N2OS/c1-10-13(18-9-15-10)5-7-16-6-4-12(8-16)14(17)11-2-3-11/h4,6,8-9,11H,2-3,5,7H2,1H3. The van der Waals surface area contributed by atoms with Crippen LogP contribution in [0.5, 0.6) is 0 Å². The van der Waals surface area contributed by atoms with E-state index >= 15 is 0 Å². The fourth-order valence-electron chi connectivity index (χ4n) is 2.10. The number of nitrogens with zero attached hydrogens (tertiary/aromatic N) is 2. The van der Waals surface area contributed by atoms with Crippen LogP contribution in [-0.4, -0.2) is 15.3 Å². The molecule has 0 aliphatic heterocycles. The normalized spacial score (nSPS) is 14.9. The summed E-state index contributed by atoms with van der Waals surface area (Å²) in [5.41, 5.74) is 3.89. The zero-order chi connectivity index (χ0) is 12.5. The van der Waals surface area contributed by atoms with Crippen LogP contribution in [0.4, 0.5) is 0 Å². The van der Waals surface area contributed by atoms with Gasteiger partial charge in [-0.15, -0.1) is 11.3 Å². The van der Waals surface area contributed by atoms with Gasteiger partial charge in [-0.3, -0.25) is 4.79 Å². The monoisotopic (exact) mass is 260 g/mol. The van der Waals surface area contributed by atoms with Gasteiger partial charge in [0.25, 0.3) is 0 Å². The zero-order valence-electron chi connectivity index (χ0n) is 10.4. The molecule has 4 heteroatoms. The second-order valence-corrected chi connectivity index (χ2v) is 5.83. The second kappa shape index (κ2) is 4.69. The van der Waals surface area contributed by atoms with Crippen molar-refractivity contribution in [3.05, 3.63) is 40.1 Å². The third-order valence-electron chi connectivity index (χ3n) is 3.43. The SMILES string of the molecule is Cc1ncsc1CCn1ccc(C(=O)C2CC2)c1. The third-order valence-corrected chi connectivity index (χ3v) is 4.42. The van der Waals surface area contributed by atoms with E-state index in [0.717, 1.165) is 37.1 Å². The van der Waals surface area contributed by atoms with Crippen LogP contribution in [-0.2, 0) is 13.0 Å². The number of hydrogen-bond donors (Lipinski definition) is 0. The van der Waals surface area contributed by atoms with Crippen molar-refractivity contribution in [1.29, 1.82) is 0 Å². The summed E-state index contributed by atoms with van der Waals surface area (Å²) >= 11 is 1.71. The van der Waals surface area contributed by atoms with Gasteiger partial charge in [0.1, 0.15) is 0 Å². The van der Waals surface area contributed by atoms with Gasteiger partial charge >= 0.3 is 0 Å². The Bertz CT molecular complexity index is 566. The van der Waals surface area contributed by atoms with Gasteiger partial charge in [0.05, 0.1) is 11.2 Å². The molecule has 3 nitrogen and oxygen atoms in total.